The van der Waals surface area contributed by atoms with Gasteiger partial charge in [0.05, 0.1) is 0 Å². The molecule has 2 rings (SSSR count). The molecule has 0 aromatic heterocycles. The van der Waals surface area contributed by atoms with E-state index >= 15 is 0 Å². The third-order valence-corrected chi connectivity index (χ3v) is 3.49. The number of carbonyl (C=O) groups is 1. The summed E-state index contributed by atoms with van der Waals surface area (Å²) >= 11 is 3.28. The smallest absolute Gasteiger partial charge is 0.410 e. The summed E-state index contributed by atoms with van der Waals surface area (Å²) in [5, 5.41) is 12.7. The molecular formula is C13H21BrN4O3. The number of aliphatic hydroxyl groups is 1. The maximum absolute atomic E-state index is 12.0. The summed E-state index contributed by atoms with van der Waals surface area (Å²) < 4.78 is 5.99. The number of hydrogen-bond acceptors (Lipinski definition) is 6. The fourth-order valence-corrected chi connectivity index (χ4v) is 2.43. The zero-order chi connectivity index (χ0) is 15.6. The van der Waals surface area contributed by atoms with E-state index in [4.69, 9.17) is 4.74 Å². The summed E-state index contributed by atoms with van der Waals surface area (Å²) in [4.78, 5) is 19.9. The van der Waals surface area contributed by atoms with Crippen molar-refractivity contribution in [2.45, 2.75) is 32.6 Å². The Morgan fingerprint density at radius 1 is 1.43 bits per heavy atom. The van der Waals surface area contributed by atoms with Crippen molar-refractivity contribution in [3.8, 4) is 0 Å². The molecule has 2 N–H and O–H groups in total. The minimum Gasteiger partial charge on any atom is -0.444 e. The van der Waals surface area contributed by atoms with E-state index in [0.29, 0.717) is 36.6 Å². The topological polar surface area (TPSA) is 77.4 Å². The van der Waals surface area contributed by atoms with Gasteiger partial charge in [-0.3, -0.25) is 0 Å². The molecule has 2 heterocycles. The van der Waals surface area contributed by atoms with Crippen LogP contribution in [0.25, 0.3) is 0 Å². The largest absolute Gasteiger partial charge is 0.444 e. The van der Waals surface area contributed by atoms with Gasteiger partial charge in [0.15, 0.2) is 12.1 Å². The minimum absolute atomic E-state index is 0.299. The highest BCUT2D eigenvalue weighted by molar-refractivity contribution is 9.11. The molecule has 2 aliphatic rings. The first-order valence-electron chi connectivity index (χ1n) is 6.87. The van der Waals surface area contributed by atoms with Gasteiger partial charge in [-0.05, 0) is 36.7 Å². The van der Waals surface area contributed by atoms with E-state index in [1.165, 1.54) is 0 Å². The molecule has 1 saturated heterocycles. The summed E-state index contributed by atoms with van der Waals surface area (Å²) in [5.74, 6) is 0.563. The molecule has 1 amide bonds. The summed E-state index contributed by atoms with van der Waals surface area (Å²) in [5.41, 5.74) is -0.489. The number of halogens is 1. The number of hydrogen-bond donors (Lipinski definition) is 2. The van der Waals surface area contributed by atoms with Crippen molar-refractivity contribution in [3.63, 3.8) is 0 Å². The lowest BCUT2D eigenvalue weighted by molar-refractivity contribution is 0.0181. The predicted molar refractivity (Wildman–Crippen MR) is 83.0 cm³/mol. The van der Waals surface area contributed by atoms with Crippen LogP contribution in [0.2, 0.25) is 0 Å². The van der Waals surface area contributed by atoms with Crippen molar-refractivity contribution >= 4 is 27.9 Å². The second-order valence-corrected chi connectivity index (χ2v) is 6.77. The molecule has 7 nitrogen and oxygen atoms in total. The molecule has 0 aromatic rings. The van der Waals surface area contributed by atoms with E-state index in [2.05, 4.69) is 26.2 Å². The van der Waals surface area contributed by atoms with Gasteiger partial charge in [-0.1, -0.05) is 0 Å². The van der Waals surface area contributed by atoms with Crippen LogP contribution in [-0.2, 0) is 4.74 Å². The predicted octanol–water partition coefficient (Wildman–Crippen LogP) is 1.05. The average molecular weight is 361 g/mol. The second kappa shape index (κ2) is 6.23. The normalized spacial score (nSPS) is 23.2. The van der Waals surface area contributed by atoms with E-state index in [1.807, 2.05) is 25.7 Å². The number of aliphatic hydroxyl groups excluding tert-OH is 1. The summed E-state index contributed by atoms with van der Waals surface area (Å²) in [6.45, 7) is 7.86. The summed E-state index contributed by atoms with van der Waals surface area (Å²) in [7, 11) is 0. The van der Waals surface area contributed by atoms with Gasteiger partial charge < -0.3 is 25.0 Å². The van der Waals surface area contributed by atoms with Gasteiger partial charge >= 0.3 is 6.09 Å². The molecule has 2 aliphatic heterocycles. The van der Waals surface area contributed by atoms with Crippen molar-refractivity contribution < 1.29 is 14.6 Å². The molecule has 0 aliphatic carbocycles. The van der Waals surface area contributed by atoms with Crippen molar-refractivity contribution in [1.29, 1.82) is 0 Å². The first kappa shape index (κ1) is 16.1. The van der Waals surface area contributed by atoms with E-state index in [-0.39, 0.29) is 6.09 Å². The first-order valence-corrected chi connectivity index (χ1v) is 7.67. The number of piperazine rings is 1. The van der Waals surface area contributed by atoms with Crippen LogP contribution < -0.4 is 5.32 Å². The highest BCUT2D eigenvalue weighted by atomic mass is 79.9. The molecule has 0 bridgehead atoms. The Kier molecular flexibility index (Phi) is 4.77. The highest BCUT2D eigenvalue weighted by Crippen LogP contribution is 2.16. The summed E-state index contributed by atoms with van der Waals surface area (Å²) in [6, 6.07) is 0. The number of carbonyl (C=O) groups excluding carboxylic acids is 1. The Morgan fingerprint density at radius 3 is 2.62 bits per heavy atom. The van der Waals surface area contributed by atoms with Crippen LogP contribution >= 0.6 is 15.9 Å². The van der Waals surface area contributed by atoms with Gasteiger partial charge in [0.25, 0.3) is 0 Å². The zero-order valence-electron chi connectivity index (χ0n) is 12.5. The number of nitrogens with zero attached hydrogens (tertiary/aromatic N) is 3. The third kappa shape index (κ3) is 4.34. The van der Waals surface area contributed by atoms with Crippen LogP contribution in [0.3, 0.4) is 0 Å². The third-order valence-electron chi connectivity index (χ3n) is 3.08. The summed E-state index contributed by atoms with van der Waals surface area (Å²) in [6.07, 6.45) is 0.484. The fourth-order valence-electron chi connectivity index (χ4n) is 2.11. The number of amidine groups is 1. The van der Waals surface area contributed by atoms with Crippen molar-refractivity contribution in [2.24, 2.45) is 4.99 Å². The Bertz CT molecular complexity index is 465. The molecule has 21 heavy (non-hydrogen) atoms. The average Bonchev–Trinajstić information content (AvgIpc) is 2.40. The Hall–Kier alpha value is -1.28. The van der Waals surface area contributed by atoms with Crippen LogP contribution in [-0.4, -0.2) is 64.8 Å². The first-order chi connectivity index (χ1) is 9.76. The van der Waals surface area contributed by atoms with Crippen LogP contribution in [0.1, 0.15) is 20.8 Å². The lowest BCUT2D eigenvalue weighted by Crippen LogP contribution is -2.55. The van der Waals surface area contributed by atoms with Gasteiger partial charge in [0.2, 0.25) is 0 Å². The van der Waals surface area contributed by atoms with Gasteiger partial charge in [0, 0.05) is 32.4 Å². The lowest BCUT2D eigenvalue weighted by Gasteiger charge is -2.38. The number of aliphatic imine (C=N–C) groups is 1. The zero-order valence-corrected chi connectivity index (χ0v) is 14.1. The molecule has 1 fully saturated rings. The van der Waals surface area contributed by atoms with Crippen molar-refractivity contribution in [2.75, 3.05) is 26.2 Å². The second-order valence-electron chi connectivity index (χ2n) is 5.96. The van der Waals surface area contributed by atoms with Crippen LogP contribution in [0.15, 0.2) is 15.8 Å². The quantitative estimate of drug-likeness (QED) is 0.631. The molecule has 0 radical (unpaired) electrons. The Morgan fingerprint density at radius 2 is 2.05 bits per heavy atom. The SMILES string of the molecule is CC(C)(C)OC(=O)N1CCN(C2=NC(Br)=CNC2O)CC1. The molecule has 118 valence electrons. The fraction of sp³-hybridized carbons (Fsp3) is 0.692. The molecule has 0 aromatic carbocycles. The Labute approximate surface area is 132 Å². The highest BCUT2D eigenvalue weighted by Gasteiger charge is 2.29. The molecular weight excluding hydrogens is 340 g/mol. The van der Waals surface area contributed by atoms with Gasteiger partial charge in [-0.15, -0.1) is 0 Å². The lowest BCUT2D eigenvalue weighted by atomic mass is 10.2. The van der Waals surface area contributed by atoms with Crippen molar-refractivity contribution in [3.05, 3.63) is 10.8 Å². The number of ether oxygens (including phenoxy) is 1. The van der Waals surface area contributed by atoms with Crippen LogP contribution in [0, 0.1) is 0 Å². The van der Waals surface area contributed by atoms with E-state index in [1.54, 1.807) is 11.1 Å². The van der Waals surface area contributed by atoms with Gasteiger partial charge in [-0.2, -0.15) is 0 Å². The molecule has 1 unspecified atom stereocenters. The van der Waals surface area contributed by atoms with E-state index in [0.717, 1.165) is 0 Å². The van der Waals surface area contributed by atoms with E-state index < -0.39 is 11.8 Å². The molecule has 1 atom stereocenters. The minimum atomic E-state index is -0.820. The maximum Gasteiger partial charge on any atom is 0.410 e. The standard InChI is InChI=1S/C13H21BrN4O3/c1-13(2,3)21-12(20)18-6-4-17(5-7-18)10-11(19)15-8-9(14)16-10/h8,11,15,19H,4-7H2,1-3H3. The molecule has 0 spiro atoms. The maximum atomic E-state index is 12.0. The Balaban J connectivity index is 1.92. The van der Waals surface area contributed by atoms with Crippen LogP contribution in [0.4, 0.5) is 4.79 Å². The molecule has 8 heteroatoms. The molecule has 0 saturated carbocycles. The van der Waals surface area contributed by atoms with Gasteiger partial charge in [-0.25, -0.2) is 9.79 Å². The monoisotopic (exact) mass is 360 g/mol. The van der Waals surface area contributed by atoms with Crippen molar-refractivity contribution in [1.82, 2.24) is 15.1 Å². The number of amides is 1. The number of nitrogens with one attached hydrogen (secondary N) is 1. The van der Waals surface area contributed by atoms with E-state index in [9.17, 15) is 9.90 Å². The number of rotatable bonds is 0. The van der Waals surface area contributed by atoms with Gasteiger partial charge in [0.1, 0.15) is 10.2 Å². The van der Waals surface area contributed by atoms with Crippen LogP contribution in [0.5, 0.6) is 0 Å².